The summed E-state index contributed by atoms with van der Waals surface area (Å²) < 4.78 is 24.3. The highest BCUT2D eigenvalue weighted by Gasteiger charge is 2.19. The molecule has 0 saturated carbocycles. The number of carbonyl (C=O) groups is 1. The second-order valence-corrected chi connectivity index (χ2v) is 6.48. The van der Waals surface area contributed by atoms with E-state index in [1.807, 2.05) is 0 Å². The van der Waals surface area contributed by atoms with Crippen LogP contribution in [0.15, 0.2) is 39.7 Å². The van der Waals surface area contributed by atoms with Crippen molar-refractivity contribution in [2.45, 2.75) is 11.8 Å². The second-order valence-electron chi connectivity index (χ2n) is 3.67. The van der Waals surface area contributed by atoms with E-state index in [9.17, 15) is 13.2 Å². The van der Waals surface area contributed by atoms with E-state index in [2.05, 4.69) is 22.5 Å². The predicted octanol–water partition coefficient (Wildman–Crippen LogP) is 2.50. The van der Waals surface area contributed by atoms with Crippen LogP contribution < -0.4 is 0 Å². The fourth-order valence-electron chi connectivity index (χ4n) is 1.28. The Balaban J connectivity index is 3.35. The van der Waals surface area contributed by atoms with Crippen LogP contribution >= 0.6 is 15.9 Å². The van der Waals surface area contributed by atoms with Crippen molar-refractivity contribution < 1.29 is 18.3 Å². The minimum Gasteiger partial charge on any atom is -0.478 e. The van der Waals surface area contributed by atoms with E-state index < -0.39 is 15.8 Å². The molecule has 92 valence electrons. The molecule has 0 unspecified atom stereocenters. The molecule has 0 spiro atoms. The van der Waals surface area contributed by atoms with Gasteiger partial charge in [-0.1, -0.05) is 12.2 Å². The van der Waals surface area contributed by atoms with Crippen molar-refractivity contribution in [1.82, 2.24) is 0 Å². The Hall–Kier alpha value is -1.14. The van der Waals surface area contributed by atoms with Crippen LogP contribution in [0.3, 0.4) is 0 Å². The molecule has 0 atom stereocenters. The normalized spacial score (nSPS) is 11.2. The molecule has 0 radical (unpaired) electrons. The van der Waals surface area contributed by atoms with Crippen LogP contribution in [-0.2, 0) is 9.84 Å². The number of halogens is 1. The quantitative estimate of drug-likeness (QED) is 0.866. The maximum Gasteiger partial charge on any atom is 0.335 e. The molecule has 1 aromatic carbocycles. The smallest absolute Gasteiger partial charge is 0.335 e. The summed E-state index contributed by atoms with van der Waals surface area (Å²) in [7, 11) is -3.56. The minimum absolute atomic E-state index is 0.0274. The Labute approximate surface area is 108 Å². The lowest BCUT2D eigenvalue weighted by atomic mass is 10.2. The van der Waals surface area contributed by atoms with Gasteiger partial charge >= 0.3 is 5.97 Å². The summed E-state index contributed by atoms with van der Waals surface area (Å²) in [5, 5.41) is 8.82. The van der Waals surface area contributed by atoms with Crippen molar-refractivity contribution in [1.29, 1.82) is 0 Å². The monoisotopic (exact) mass is 318 g/mol. The molecule has 17 heavy (non-hydrogen) atoms. The molecule has 0 bridgehead atoms. The van der Waals surface area contributed by atoms with Crippen molar-refractivity contribution >= 4 is 31.7 Å². The van der Waals surface area contributed by atoms with Crippen LogP contribution in [0.5, 0.6) is 0 Å². The summed E-state index contributed by atoms with van der Waals surface area (Å²) in [6.07, 6.45) is 0. The number of carboxylic acids is 1. The van der Waals surface area contributed by atoms with Crippen LogP contribution in [0.4, 0.5) is 0 Å². The number of hydrogen-bond donors (Lipinski definition) is 1. The lowest BCUT2D eigenvalue weighted by molar-refractivity contribution is 0.0696. The first-order chi connectivity index (χ1) is 7.74. The van der Waals surface area contributed by atoms with Gasteiger partial charge in [-0.3, -0.25) is 0 Å². The highest BCUT2D eigenvalue weighted by atomic mass is 79.9. The molecule has 0 amide bonds. The molecule has 6 heteroatoms. The third-order valence-electron chi connectivity index (χ3n) is 1.95. The predicted molar refractivity (Wildman–Crippen MR) is 68.0 cm³/mol. The zero-order valence-electron chi connectivity index (χ0n) is 9.10. The standard InChI is InChI=1S/C11H11BrO4S/c1-7(2)6-17(15,16)10-5-8(11(13)14)3-4-9(10)12/h3-5H,1,6H2,2H3,(H,13,14). The summed E-state index contributed by atoms with van der Waals surface area (Å²) in [4.78, 5) is 10.8. The number of hydrogen-bond acceptors (Lipinski definition) is 3. The molecule has 0 saturated heterocycles. The van der Waals surface area contributed by atoms with Gasteiger partial charge in [0.2, 0.25) is 0 Å². The van der Waals surface area contributed by atoms with Gasteiger partial charge in [0, 0.05) is 4.47 Å². The van der Waals surface area contributed by atoms with Gasteiger partial charge in [-0.25, -0.2) is 13.2 Å². The number of aromatic carboxylic acids is 1. The lowest BCUT2D eigenvalue weighted by Crippen LogP contribution is -2.09. The molecule has 0 fully saturated rings. The molecule has 0 heterocycles. The van der Waals surface area contributed by atoms with Gasteiger partial charge in [-0.05, 0) is 41.1 Å². The number of rotatable bonds is 4. The van der Waals surface area contributed by atoms with Crippen molar-refractivity contribution in [3.05, 3.63) is 40.4 Å². The first-order valence-electron chi connectivity index (χ1n) is 4.64. The largest absolute Gasteiger partial charge is 0.478 e. The van der Waals surface area contributed by atoms with Crippen LogP contribution in [0, 0.1) is 0 Å². The zero-order chi connectivity index (χ0) is 13.2. The first kappa shape index (κ1) is 13.9. The molecule has 1 rings (SSSR count). The summed E-state index contributed by atoms with van der Waals surface area (Å²) in [6.45, 7) is 5.15. The van der Waals surface area contributed by atoms with E-state index >= 15 is 0 Å². The van der Waals surface area contributed by atoms with E-state index in [1.54, 1.807) is 6.92 Å². The Morgan fingerprint density at radius 3 is 2.53 bits per heavy atom. The van der Waals surface area contributed by atoms with Crippen LogP contribution in [0.1, 0.15) is 17.3 Å². The van der Waals surface area contributed by atoms with E-state index in [4.69, 9.17) is 5.11 Å². The minimum atomic E-state index is -3.56. The van der Waals surface area contributed by atoms with E-state index in [0.717, 1.165) is 6.07 Å². The highest BCUT2D eigenvalue weighted by Crippen LogP contribution is 2.25. The third-order valence-corrected chi connectivity index (χ3v) is 4.78. The van der Waals surface area contributed by atoms with Gasteiger partial charge < -0.3 is 5.11 Å². The Bertz CT molecular complexity index is 575. The molecule has 0 aromatic heterocycles. The topological polar surface area (TPSA) is 71.4 Å². The maximum atomic E-state index is 12.0. The molecule has 4 nitrogen and oxygen atoms in total. The van der Waals surface area contributed by atoms with Gasteiger partial charge in [0.05, 0.1) is 16.2 Å². The zero-order valence-corrected chi connectivity index (χ0v) is 11.5. The van der Waals surface area contributed by atoms with Gasteiger partial charge in [-0.2, -0.15) is 0 Å². The third kappa shape index (κ3) is 3.41. The molecule has 0 aliphatic rings. The maximum absolute atomic E-state index is 12.0. The van der Waals surface area contributed by atoms with E-state index in [-0.39, 0.29) is 16.2 Å². The summed E-state index contributed by atoms with van der Waals surface area (Å²) in [5.74, 6) is -1.36. The van der Waals surface area contributed by atoms with Gasteiger partial charge in [0.1, 0.15) is 0 Å². The van der Waals surface area contributed by atoms with Crippen molar-refractivity contribution in [2.75, 3.05) is 5.75 Å². The molecule has 1 aromatic rings. The van der Waals surface area contributed by atoms with Crippen LogP contribution in [0.2, 0.25) is 0 Å². The fraction of sp³-hybridized carbons (Fsp3) is 0.182. The van der Waals surface area contributed by atoms with Crippen LogP contribution in [0.25, 0.3) is 0 Å². The van der Waals surface area contributed by atoms with E-state index in [1.165, 1.54) is 12.1 Å². The van der Waals surface area contributed by atoms with Crippen molar-refractivity contribution in [2.24, 2.45) is 0 Å². The molecular formula is C11H11BrO4S. The highest BCUT2D eigenvalue weighted by molar-refractivity contribution is 9.10. The Morgan fingerprint density at radius 1 is 1.47 bits per heavy atom. The second kappa shape index (κ2) is 5.01. The van der Waals surface area contributed by atoms with Gasteiger partial charge in [-0.15, -0.1) is 0 Å². The number of carboxylic acid groups (broad SMARTS) is 1. The molecular weight excluding hydrogens is 308 g/mol. The molecule has 0 aliphatic heterocycles. The first-order valence-corrected chi connectivity index (χ1v) is 7.08. The van der Waals surface area contributed by atoms with Gasteiger partial charge in [0.25, 0.3) is 0 Å². The molecule has 0 aliphatic carbocycles. The lowest BCUT2D eigenvalue weighted by Gasteiger charge is -2.07. The molecule has 1 N–H and O–H groups in total. The Kier molecular flexibility index (Phi) is 4.11. The fourth-order valence-corrected chi connectivity index (χ4v) is 3.74. The van der Waals surface area contributed by atoms with Crippen molar-refractivity contribution in [3.63, 3.8) is 0 Å². The number of benzene rings is 1. The van der Waals surface area contributed by atoms with E-state index in [0.29, 0.717) is 10.0 Å². The van der Waals surface area contributed by atoms with Crippen molar-refractivity contribution in [3.8, 4) is 0 Å². The average molecular weight is 319 g/mol. The average Bonchev–Trinajstić information content (AvgIpc) is 2.15. The number of sulfone groups is 1. The summed E-state index contributed by atoms with van der Waals surface area (Å²) >= 11 is 3.10. The Morgan fingerprint density at radius 2 is 2.06 bits per heavy atom. The van der Waals surface area contributed by atoms with Gasteiger partial charge in [0.15, 0.2) is 9.84 Å². The summed E-state index contributed by atoms with van der Waals surface area (Å²) in [6, 6.07) is 3.89. The SMILES string of the molecule is C=C(C)CS(=O)(=O)c1cc(C(=O)O)ccc1Br. The van der Waals surface area contributed by atoms with Crippen LogP contribution in [-0.4, -0.2) is 25.2 Å². The summed E-state index contributed by atoms with van der Waals surface area (Å²) in [5.41, 5.74) is 0.436.